The van der Waals surface area contributed by atoms with E-state index in [1.54, 1.807) is 6.07 Å². The summed E-state index contributed by atoms with van der Waals surface area (Å²) < 4.78 is 0. The van der Waals surface area contributed by atoms with Gasteiger partial charge in [-0.15, -0.1) is 0 Å². The van der Waals surface area contributed by atoms with E-state index in [1.807, 2.05) is 6.07 Å². The maximum Gasteiger partial charge on any atom is 0.128 e. The van der Waals surface area contributed by atoms with Gasteiger partial charge in [0.15, 0.2) is 0 Å². The lowest BCUT2D eigenvalue weighted by Gasteiger charge is -2.20. The van der Waals surface area contributed by atoms with Gasteiger partial charge >= 0.3 is 0 Å². The van der Waals surface area contributed by atoms with Crippen LogP contribution in [0, 0.1) is 0 Å². The fourth-order valence-corrected chi connectivity index (χ4v) is 2.87. The maximum absolute atomic E-state index is 10.2. The highest BCUT2D eigenvalue weighted by atomic mass is 16.3. The number of benzene rings is 1. The second-order valence-corrected chi connectivity index (χ2v) is 6.52. The molecule has 0 heterocycles. The van der Waals surface area contributed by atoms with Gasteiger partial charge in [0.1, 0.15) is 18.2 Å². The Bertz CT molecular complexity index is 513. The van der Waals surface area contributed by atoms with Crippen LogP contribution in [-0.2, 0) is 19.5 Å². The van der Waals surface area contributed by atoms with Gasteiger partial charge in [0, 0.05) is 18.7 Å². The lowest BCUT2D eigenvalue weighted by atomic mass is 9.95. The summed E-state index contributed by atoms with van der Waals surface area (Å²) in [6, 6.07) is 3.51. The molecule has 1 aromatic rings. The number of phenolic OH excluding ortho intramolecular Hbond substituents is 1. The van der Waals surface area contributed by atoms with Crippen molar-refractivity contribution in [3.05, 3.63) is 28.8 Å². The first-order valence-corrected chi connectivity index (χ1v) is 9.40. The molecule has 0 saturated carbocycles. The molecule has 0 amide bonds. The molecule has 26 heavy (non-hydrogen) atoms. The number of aliphatic hydroxyl groups is 4. The second-order valence-electron chi connectivity index (χ2n) is 6.52. The van der Waals surface area contributed by atoms with Crippen molar-refractivity contribution in [2.24, 2.45) is 0 Å². The highest BCUT2D eigenvalue weighted by Gasteiger charge is 2.15. The highest BCUT2D eigenvalue weighted by molar-refractivity contribution is 5.44. The van der Waals surface area contributed by atoms with E-state index in [2.05, 4.69) is 17.6 Å². The Hall–Kier alpha value is -1.22. The van der Waals surface area contributed by atoms with Crippen LogP contribution >= 0.6 is 0 Å². The van der Waals surface area contributed by atoms with Gasteiger partial charge in [-0.25, -0.2) is 0 Å². The smallest absolute Gasteiger partial charge is 0.128 e. The highest BCUT2D eigenvalue weighted by Crippen LogP contribution is 2.26. The van der Waals surface area contributed by atoms with E-state index in [-0.39, 0.29) is 18.8 Å². The molecule has 1 aromatic carbocycles. The average Bonchev–Trinajstić information content (AvgIpc) is 2.65. The molecule has 150 valence electrons. The molecular formula is C19H34N2O5. The average molecular weight is 370 g/mol. The first kappa shape index (κ1) is 22.8. The number of aryl methyl sites for hydroxylation is 1. The Morgan fingerprint density at radius 1 is 0.846 bits per heavy atom. The zero-order valence-electron chi connectivity index (χ0n) is 15.6. The van der Waals surface area contributed by atoms with Crippen molar-refractivity contribution >= 4 is 0 Å². The van der Waals surface area contributed by atoms with Crippen LogP contribution < -0.4 is 10.6 Å². The standard InChI is InChI=1S/C19H34N2O5/c1-2-3-4-5-6-7-14-8-9-17(24)16(11-21-19(26)13-23)15(14)10-20-18(25)12-22/h8-9,18-26H,2-7,10-13H2,1H3. The molecule has 0 aromatic heterocycles. The van der Waals surface area contributed by atoms with Crippen molar-refractivity contribution in [1.82, 2.24) is 10.6 Å². The third kappa shape index (κ3) is 7.99. The minimum Gasteiger partial charge on any atom is -0.508 e. The summed E-state index contributed by atoms with van der Waals surface area (Å²) in [6.07, 6.45) is 4.52. The van der Waals surface area contributed by atoms with E-state index in [0.717, 1.165) is 30.4 Å². The summed E-state index contributed by atoms with van der Waals surface area (Å²) >= 11 is 0. The van der Waals surface area contributed by atoms with Crippen molar-refractivity contribution in [1.29, 1.82) is 0 Å². The molecule has 2 unspecified atom stereocenters. The number of nitrogens with one attached hydrogen (secondary N) is 2. The van der Waals surface area contributed by atoms with Crippen LogP contribution in [-0.4, -0.2) is 51.2 Å². The zero-order chi connectivity index (χ0) is 19.4. The largest absolute Gasteiger partial charge is 0.508 e. The third-order valence-electron chi connectivity index (χ3n) is 4.43. The summed E-state index contributed by atoms with van der Waals surface area (Å²) in [5.74, 6) is 0.0904. The summed E-state index contributed by atoms with van der Waals surface area (Å²) in [5, 5.41) is 52.9. The zero-order valence-corrected chi connectivity index (χ0v) is 15.6. The van der Waals surface area contributed by atoms with Gasteiger partial charge in [-0.05, 0) is 30.0 Å². The number of unbranched alkanes of at least 4 members (excludes halogenated alkanes) is 4. The predicted molar refractivity (Wildman–Crippen MR) is 100 cm³/mol. The molecule has 0 fully saturated rings. The van der Waals surface area contributed by atoms with E-state index in [9.17, 15) is 15.3 Å². The van der Waals surface area contributed by atoms with Gasteiger partial charge in [-0.2, -0.15) is 0 Å². The van der Waals surface area contributed by atoms with Crippen LogP contribution in [0.25, 0.3) is 0 Å². The summed E-state index contributed by atoms with van der Waals surface area (Å²) in [7, 11) is 0. The van der Waals surface area contributed by atoms with Crippen molar-refractivity contribution in [2.75, 3.05) is 13.2 Å². The van der Waals surface area contributed by atoms with Crippen LogP contribution in [0.4, 0.5) is 0 Å². The first-order valence-electron chi connectivity index (χ1n) is 9.40. The van der Waals surface area contributed by atoms with E-state index < -0.39 is 25.7 Å². The van der Waals surface area contributed by atoms with E-state index in [1.165, 1.54) is 19.3 Å². The molecule has 0 aliphatic carbocycles. The molecule has 0 radical (unpaired) electrons. The fourth-order valence-electron chi connectivity index (χ4n) is 2.87. The SMILES string of the molecule is CCCCCCCc1ccc(O)c(CNC(O)CO)c1CNC(O)CO. The van der Waals surface area contributed by atoms with Crippen molar-refractivity contribution < 1.29 is 25.5 Å². The first-order chi connectivity index (χ1) is 12.5. The Labute approximate surface area is 155 Å². The topological polar surface area (TPSA) is 125 Å². The van der Waals surface area contributed by atoms with E-state index in [4.69, 9.17) is 10.2 Å². The number of rotatable bonds is 14. The molecule has 7 N–H and O–H groups in total. The molecule has 0 aliphatic heterocycles. The van der Waals surface area contributed by atoms with Crippen LogP contribution in [0.1, 0.15) is 55.7 Å². The molecule has 0 spiro atoms. The molecule has 1 rings (SSSR count). The minimum absolute atomic E-state index is 0.0904. The lowest BCUT2D eigenvalue weighted by molar-refractivity contribution is 0.0647. The van der Waals surface area contributed by atoms with Gasteiger partial charge in [-0.3, -0.25) is 10.6 Å². The van der Waals surface area contributed by atoms with Gasteiger partial charge in [0.25, 0.3) is 0 Å². The summed E-state index contributed by atoms with van der Waals surface area (Å²) in [4.78, 5) is 0. The lowest BCUT2D eigenvalue weighted by Crippen LogP contribution is -2.34. The van der Waals surface area contributed by atoms with Crippen LogP contribution in [0.3, 0.4) is 0 Å². The monoisotopic (exact) mass is 370 g/mol. The Morgan fingerprint density at radius 3 is 2.00 bits per heavy atom. The molecule has 2 atom stereocenters. The summed E-state index contributed by atoms with van der Waals surface area (Å²) in [5.41, 5.74) is 2.51. The summed E-state index contributed by atoms with van der Waals surface area (Å²) in [6.45, 7) is 1.82. The number of aromatic hydroxyl groups is 1. The van der Waals surface area contributed by atoms with Gasteiger partial charge in [0.05, 0.1) is 13.2 Å². The predicted octanol–water partition coefficient (Wildman–Crippen LogP) is 0.706. The van der Waals surface area contributed by atoms with Crippen molar-refractivity contribution in [3.63, 3.8) is 0 Å². The normalized spacial score (nSPS) is 13.7. The molecule has 7 heteroatoms. The Balaban J connectivity index is 2.90. The molecule has 7 nitrogen and oxygen atoms in total. The van der Waals surface area contributed by atoms with Crippen LogP contribution in [0.2, 0.25) is 0 Å². The molecule has 0 saturated heterocycles. The third-order valence-corrected chi connectivity index (χ3v) is 4.43. The Morgan fingerprint density at radius 2 is 1.42 bits per heavy atom. The van der Waals surface area contributed by atoms with Crippen LogP contribution in [0.15, 0.2) is 12.1 Å². The molecule has 0 aliphatic rings. The van der Waals surface area contributed by atoms with E-state index in [0.29, 0.717) is 5.56 Å². The van der Waals surface area contributed by atoms with Crippen LogP contribution in [0.5, 0.6) is 5.75 Å². The van der Waals surface area contributed by atoms with Gasteiger partial charge in [-0.1, -0.05) is 38.7 Å². The fraction of sp³-hybridized carbons (Fsp3) is 0.684. The number of phenols is 1. The Kier molecular flexibility index (Phi) is 11.4. The van der Waals surface area contributed by atoms with Crippen molar-refractivity contribution in [2.45, 2.75) is 71.0 Å². The number of aliphatic hydroxyl groups excluding tert-OH is 4. The minimum atomic E-state index is -1.07. The van der Waals surface area contributed by atoms with E-state index >= 15 is 0 Å². The molecule has 0 bridgehead atoms. The quantitative estimate of drug-likeness (QED) is 0.190. The molecular weight excluding hydrogens is 336 g/mol. The van der Waals surface area contributed by atoms with Gasteiger partial charge < -0.3 is 25.5 Å². The maximum atomic E-state index is 10.2. The number of hydrogen-bond acceptors (Lipinski definition) is 7. The van der Waals surface area contributed by atoms with Gasteiger partial charge in [0.2, 0.25) is 0 Å². The second kappa shape index (κ2) is 13.0. The number of hydrogen-bond donors (Lipinski definition) is 7. The van der Waals surface area contributed by atoms with Crippen molar-refractivity contribution in [3.8, 4) is 5.75 Å².